The van der Waals surface area contributed by atoms with Crippen LogP contribution in [0.1, 0.15) is 28.8 Å². The number of nitrogens with zero attached hydrogens (tertiary/aromatic N) is 2. The van der Waals surface area contributed by atoms with Crippen molar-refractivity contribution in [2.75, 3.05) is 7.05 Å². The second-order valence-electron chi connectivity index (χ2n) is 5.56. The molecule has 122 valence electrons. The summed E-state index contributed by atoms with van der Waals surface area (Å²) in [5.41, 5.74) is 5.33. The van der Waals surface area contributed by atoms with E-state index in [-0.39, 0.29) is 24.0 Å². The van der Waals surface area contributed by atoms with Gasteiger partial charge >= 0.3 is 0 Å². The zero-order chi connectivity index (χ0) is 15.2. The lowest BCUT2D eigenvalue weighted by Crippen LogP contribution is -2.36. The van der Waals surface area contributed by atoms with E-state index in [9.17, 15) is 0 Å². The van der Waals surface area contributed by atoms with Crippen LogP contribution in [0.25, 0.3) is 0 Å². The van der Waals surface area contributed by atoms with Crippen LogP contribution in [0.15, 0.2) is 47.6 Å². The average Bonchev–Trinajstić information content (AvgIpc) is 3.03. The molecule has 0 radical (unpaired) electrons. The average molecular weight is 422 g/mol. The lowest BCUT2D eigenvalue weighted by Gasteiger charge is -2.12. The predicted octanol–water partition coefficient (Wildman–Crippen LogP) is 3.05. The van der Waals surface area contributed by atoms with Crippen LogP contribution in [0.5, 0.6) is 0 Å². The van der Waals surface area contributed by atoms with Crippen LogP contribution in [-0.2, 0) is 25.9 Å². The number of fused-ring (bicyclic) bond motifs is 1. The first kappa shape index (κ1) is 17.7. The minimum absolute atomic E-state index is 0. The number of pyridine rings is 1. The second kappa shape index (κ2) is 8.86. The molecule has 0 amide bonds. The van der Waals surface area contributed by atoms with Gasteiger partial charge in [-0.2, -0.15) is 0 Å². The van der Waals surface area contributed by atoms with E-state index >= 15 is 0 Å². The molecule has 1 heterocycles. The highest BCUT2D eigenvalue weighted by molar-refractivity contribution is 14.0. The quantitative estimate of drug-likeness (QED) is 0.453. The van der Waals surface area contributed by atoms with Crippen LogP contribution in [-0.4, -0.2) is 18.0 Å². The van der Waals surface area contributed by atoms with Crippen molar-refractivity contribution in [1.29, 1.82) is 0 Å². The Hall–Kier alpha value is -1.63. The lowest BCUT2D eigenvalue weighted by atomic mass is 10.1. The minimum Gasteiger partial charge on any atom is -0.352 e. The van der Waals surface area contributed by atoms with Gasteiger partial charge in [-0.3, -0.25) is 9.98 Å². The highest BCUT2D eigenvalue weighted by Gasteiger charge is 2.10. The van der Waals surface area contributed by atoms with Crippen molar-refractivity contribution in [2.24, 2.45) is 4.99 Å². The van der Waals surface area contributed by atoms with Crippen molar-refractivity contribution in [3.63, 3.8) is 0 Å². The van der Waals surface area contributed by atoms with Gasteiger partial charge in [-0.25, -0.2) is 0 Å². The predicted molar refractivity (Wildman–Crippen MR) is 105 cm³/mol. The minimum atomic E-state index is 0. The zero-order valence-corrected chi connectivity index (χ0v) is 15.7. The number of guanidine groups is 1. The highest BCUT2D eigenvalue weighted by Crippen LogP contribution is 2.22. The number of halogens is 1. The molecule has 1 aromatic heterocycles. The molecule has 0 saturated carbocycles. The summed E-state index contributed by atoms with van der Waals surface area (Å²) in [5, 5.41) is 6.64. The third kappa shape index (κ3) is 4.92. The third-order valence-electron chi connectivity index (χ3n) is 4.01. The number of nitrogens with one attached hydrogen (secondary N) is 2. The Kier molecular flexibility index (Phi) is 6.83. The van der Waals surface area contributed by atoms with Crippen LogP contribution >= 0.6 is 24.0 Å². The van der Waals surface area contributed by atoms with Crippen molar-refractivity contribution in [2.45, 2.75) is 32.4 Å². The number of rotatable bonds is 4. The molecule has 0 fully saturated rings. The fourth-order valence-electron chi connectivity index (χ4n) is 2.82. The van der Waals surface area contributed by atoms with Gasteiger partial charge in [0.25, 0.3) is 0 Å². The van der Waals surface area contributed by atoms with E-state index in [1.165, 1.54) is 36.0 Å². The summed E-state index contributed by atoms with van der Waals surface area (Å²) in [5.74, 6) is 0.797. The normalized spacial score (nSPS) is 13.2. The van der Waals surface area contributed by atoms with E-state index in [2.05, 4.69) is 38.8 Å². The molecule has 0 unspecified atom stereocenters. The summed E-state index contributed by atoms with van der Waals surface area (Å²) in [6.45, 7) is 1.46. The van der Waals surface area contributed by atoms with Crippen molar-refractivity contribution >= 4 is 29.9 Å². The fourth-order valence-corrected chi connectivity index (χ4v) is 2.82. The molecule has 0 saturated heterocycles. The van der Waals surface area contributed by atoms with Gasteiger partial charge in [0, 0.05) is 19.8 Å². The third-order valence-corrected chi connectivity index (χ3v) is 4.01. The molecule has 0 bridgehead atoms. The molecule has 2 N–H and O–H groups in total. The number of aromatic nitrogens is 1. The van der Waals surface area contributed by atoms with Gasteiger partial charge in [-0.15, -0.1) is 24.0 Å². The maximum absolute atomic E-state index is 4.30. The van der Waals surface area contributed by atoms with E-state index in [1.54, 1.807) is 13.2 Å². The molecule has 3 rings (SSSR count). The topological polar surface area (TPSA) is 49.3 Å². The van der Waals surface area contributed by atoms with E-state index < -0.39 is 0 Å². The van der Waals surface area contributed by atoms with E-state index in [4.69, 9.17) is 0 Å². The van der Waals surface area contributed by atoms with Gasteiger partial charge in [0.15, 0.2) is 5.96 Å². The largest absolute Gasteiger partial charge is 0.352 e. The molecule has 1 aromatic carbocycles. The maximum Gasteiger partial charge on any atom is 0.191 e. The van der Waals surface area contributed by atoms with Crippen molar-refractivity contribution in [3.05, 3.63) is 65.0 Å². The number of aliphatic imine (C=N–C) groups is 1. The van der Waals surface area contributed by atoms with Crippen molar-refractivity contribution in [1.82, 2.24) is 15.6 Å². The first-order valence-corrected chi connectivity index (χ1v) is 7.80. The Morgan fingerprint density at radius 2 is 1.91 bits per heavy atom. The van der Waals surface area contributed by atoms with Crippen LogP contribution < -0.4 is 10.6 Å². The van der Waals surface area contributed by atoms with Crippen LogP contribution in [0, 0.1) is 0 Å². The standard InChI is InChI=1S/C18H22N4.HI/c1-19-18(22-13-17-7-2-3-10-20-17)21-12-14-8-9-15-5-4-6-16(15)11-14;/h2-3,7-11H,4-6,12-13H2,1H3,(H2,19,21,22);1H. The summed E-state index contributed by atoms with van der Waals surface area (Å²) in [6, 6.07) is 12.7. The molecule has 2 aromatic rings. The SMILES string of the molecule is CN=C(NCc1ccc2c(c1)CCC2)NCc1ccccn1.I. The van der Waals surface area contributed by atoms with E-state index in [0.29, 0.717) is 6.54 Å². The lowest BCUT2D eigenvalue weighted by molar-refractivity contribution is 0.794. The number of hydrogen-bond donors (Lipinski definition) is 2. The molecule has 5 heteroatoms. The maximum atomic E-state index is 4.30. The Balaban J connectivity index is 0.00000192. The summed E-state index contributed by atoms with van der Waals surface area (Å²) in [6.07, 6.45) is 5.55. The van der Waals surface area contributed by atoms with Crippen LogP contribution in [0.2, 0.25) is 0 Å². The van der Waals surface area contributed by atoms with Gasteiger partial charge in [0.05, 0.1) is 12.2 Å². The summed E-state index contributed by atoms with van der Waals surface area (Å²) >= 11 is 0. The van der Waals surface area contributed by atoms with Crippen LogP contribution in [0.4, 0.5) is 0 Å². The molecule has 0 spiro atoms. The molecule has 0 atom stereocenters. The smallest absolute Gasteiger partial charge is 0.191 e. The second-order valence-corrected chi connectivity index (χ2v) is 5.56. The van der Waals surface area contributed by atoms with Crippen molar-refractivity contribution in [3.8, 4) is 0 Å². The first-order chi connectivity index (χ1) is 10.8. The van der Waals surface area contributed by atoms with Gasteiger partial charge in [0.1, 0.15) is 0 Å². The monoisotopic (exact) mass is 422 g/mol. The van der Waals surface area contributed by atoms with Crippen LogP contribution in [0.3, 0.4) is 0 Å². The molecule has 1 aliphatic rings. The van der Waals surface area contributed by atoms with E-state index in [1.807, 2.05) is 18.2 Å². The number of benzene rings is 1. The van der Waals surface area contributed by atoms with Gasteiger partial charge < -0.3 is 10.6 Å². The molecule has 4 nitrogen and oxygen atoms in total. The summed E-state index contributed by atoms with van der Waals surface area (Å²) in [4.78, 5) is 8.55. The van der Waals surface area contributed by atoms with Gasteiger partial charge in [-0.1, -0.05) is 24.3 Å². The Morgan fingerprint density at radius 1 is 1.09 bits per heavy atom. The fraction of sp³-hybridized carbons (Fsp3) is 0.333. The summed E-state index contributed by atoms with van der Waals surface area (Å²) in [7, 11) is 1.79. The molecule has 1 aliphatic carbocycles. The van der Waals surface area contributed by atoms with Crippen molar-refractivity contribution < 1.29 is 0 Å². The first-order valence-electron chi connectivity index (χ1n) is 7.80. The zero-order valence-electron chi connectivity index (χ0n) is 13.4. The highest BCUT2D eigenvalue weighted by atomic mass is 127. The van der Waals surface area contributed by atoms with Gasteiger partial charge in [0.2, 0.25) is 0 Å². The molecule has 23 heavy (non-hydrogen) atoms. The number of hydrogen-bond acceptors (Lipinski definition) is 2. The molecular formula is C18H23IN4. The Bertz CT molecular complexity index is 655. The van der Waals surface area contributed by atoms with Gasteiger partial charge in [-0.05, 0) is 48.1 Å². The Labute approximate surface area is 154 Å². The number of aryl methyl sites for hydroxylation is 2. The van der Waals surface area contributed by atoms with E-state index in [0.717, 1.165) is 18.2 Å². The Morgan fingerprint density at radius 3 is 2.70 bits per heavy atom. The molecule has 0 aliphatic heterocycles. The summed E-state index contributed by atoms with van der Waals surface area (Å²) < 4.78 is 0. The molecular weight excluding hydrogens is 399 g/mol.